The highest BCUT2D eigenvalue weighted by Gasteiger charge is 2.23. The molecule has 3 N–H and O–H groups in total. The Morgan fingerprint density at radius 1 is 1.44 bits per heavy atom. The molecule has 0 bridgehead atoms. The first-order valence-electron chi connectivity index (χ1n) is 6.61. The summed E-state index contributed by atoms with van der Waals surface area (Å²) >= 11 is 1.64. The average molecular weight is 261 g/mol. The van der Waals surface area contributed by atoms with Crippen LogP contribution in [0.25, 0.3) is 10.2 Å². The summed E-state index contributed by atoms with van der Waals surface area (Å²) < 4.78 is 1.16. The summed E-state index contributed by atoms with van der Waals surface area (Å²) in [7, 11) is 0. The van der Waals surface area contributed by atoms with Crippen LogP contribution in [0.4, 0.5) is 11.4 Å². The number of rotatable bonds is 3. The molecule has 0 amide bonds. The van der Waals surface area contributed by atoms with Gasteiger partial charge in [0.1, 0.15) is 5.52 Å². The second-order valence-electron chi connectivity index (χ2n) is 5.28. The fourth-order valence-corrected chi connectivity index (χ4v) is 3.57. The van der Waals surface area contributed by atoms with Gasteiger partial charge in [-0.2, -0.15) is 0 Å². The standard InChI is InChI=1S/C14H19N3S/c1-9-3-2-4-10(9)7-16-11-5-6-12-14(13(11)15)17-8-18-12/h5-6,8-10,16H,2-4,7,15H2,1H3. The van der Waals surface area contributed by atoms with Gasteiger partial charge in [0, 0.05) is 6.54 Å². The molecule has 1 aromatic heterocycles. The molecule has 1 fully saturated rings. The molecule has 3 rings (SSSR count). The zero-order valence-corrected chi connectivity index (χ0v) is 11.5. The van der Waals surface area contributed by atoms with Gasteiger partial charge in [-0.05, 0) is 30.4 Å². The van der Waals surface area contributed by atoms with E-state index in [0.717, 1.165) is 40.0 Å². The molecule has 3 nitrogen and oxygen atoms in total. The highest BCUT2D eigenvalue weighted by Crippen LogP contribution is 2.33. The Morgan fingerprint density at radius 2 is 2.33 bits per heavy atom. The van der Waals surface area contributed by atoms with Crippen LogP contribution in [0.15, 0.2) is 17.6 Å². The zero-order valence-electron chi connectivity index (χ0n) is 10.6. The van der Waals surface area contributed by atoms with Crippen molar-refractivity contribution >= 4 is 32.9 Å². The lowest BCUT2D eigenvalue weighted by Gasteiger charge is -2.17. The monoisotopic (exact) mass is 261 g/mol. The number of benzene rings is 1. The smallest absolute Gasteiger partial charge is 0.106 e. The van der Waals surface area contributed by atoms with E-state index in [1.54, 1.807) is 11.3 Å². The number of nitrogens with two attached hydrogens (primary N) is 1. The number of thiazole rings is 1. The van der Waals surface area contributed by atoms with Crippen LogP contribution in [0.1, 0.15) is 26.2 Å². The van der Waals surface area contributed by atoms with Gasteiger partial charge in [-0.1, -0.05) is 19.8 Å². The molecule has 1 heterocycles. The van der Waals surface area contributed by atoms with Gasteiger partial charge >= 0.3 is 0 Å². The molecule has 1 aliphatic rings. The number of anilines is 2. The molecule has 2 atom stereocenters. The van der Waals surface area contributed by atoms with Crippen LogP contribution < -0.4 is 11.1 Å². The Labute approximate surface area is 111 Å². The van der Waals surface area contributed by atoms with Gasteiger partial charge in [0.2, 0.25) is 0 Å². The van der Waals surface area contributed by atoms with Crippen molar-refractivity contribution < 1.29 is 0 Å². The Balaban J connectivity index is 1.76. The summed E-state index contributed by atoms with van der Waals surface area (Å²) in [4.78, 5) is 4.33. The number of nitrogens with one attached hydrogen (secondary N) is 1. The maximum absolute atomic E-state index is 6.16. The highest BCUT2D eigenvalue weighted by molar-refractivity contribution is 7.16. The molecule has 1 saturated carbocycles. The normalized spacial score (nSPS) is 23.6. The van der Waals surface area contributed by atoms with Crippen LogP contribution in [0, 0.1) is 11.8 Å². The predicted molar refractivity (Wildman–Crippen MR) is 79.0 cm³/mol. The van der Waals surface area contributed by atoms with E-state index < -0.39 is 0 Å². The number of fused-ring (bicyclic) bond motifs is 1. The molecule has 0 radical (unpaired) electrons. The molecule has 0 aliphatic heterocycles. The van der Waals surface area contributed by atoms with E-state index >= 15 is 0 Å². The lowest BCUT2D eigenvalue weighted by molar-refractivity contribution is 0.440. The average Bonchev–Trinajstić information content (AvgIpc) is 2.98. The Bertz CT molecular complexity index is 549. The van der Waals surface area contributed by atoms with Gasteiger partial charge in [-0.15, -0.1) is 11.3 Å². The number of nitrogens with zero attached hydrogens (tertiary/aromatic N) is 1. The minimum absolute atomic E-state index is 0.788. The molecule has 96 valence electrons. The van der Waals surface area contributed by atoms with Gasteiger partial charge in [0.25, 0.3) is 0 Å². The summed E-state index contributed by atoms with van der Waals surface area (Å²) in [6.07, 6.45) is 4.08. The van der Waals surface area contributed by atoms with Gasteiger partial charge in [0.15, 0.2) is 0 Å². The topological polar surface area (TPSA) is 50.9 Å². The fraction of sp³-hybridized carbons (Fsp3) is 0.500. The number of hydrogen-bond acceptors (Lipinski definition) is 4. The number of nitrogen functional groups attached to an aromatic ring is 1. The van der Waals surface area contributed by atoms with E-state index in [0.29, 0.717) is 0 Å². The van der Waals surface area contributed by atoms with Crippen LogP contribution in [-0.2, 0) is 0 Å². The third kappa shape index (κ3) is 2.05. The molecule has 0 spiro atoms. The van der Waals surface area contributed by atoms with Crippen molar-refractivity contribution in [1.29, 1.82) is 0 Å². The first kappa shape index (κ1) is 11.8. The van der Waals surface area contributed by atoms with Crippen LogP contribution in [0.3, 0.4) is 0 Å². The SMILES string of the molecule is CC1CCCC1CNc1ccc2scnc2c1N. The number of hydrogen-bond donors (Lipinski definition) is 2. The highest BCUT2D eigenvalue weighted by atomic mass is 32.1. The largest absolute Gasteiger partial charge is 0.395 e. The minimum Gasteiger partial charge on any atom is -0.395 e. The summed E-state index contributed by atoms with van der Waals surface area (Å²) in [6.45, 7) is 3.38. The summed E-state index contributed by atoms with van der Waals surface area (Å²) in [5.41, 5.74) is 10.8. The lowest BCUT2D eigenvalue weighted by Crippen LogP contribution is -2.17. The van der Waals surface area contributed by atoms with E-state index in [-0.39, 0.29) is 0 Å². The maximum Gasteiger partial charge on any atom is 0.106 e. The van der Waals surface area contributed by atoms with Crippen LogP contribution >= 0.6 is 11.3 Å². The Kier molecular flexibility index (Phi) is 3.12. The molecule has 1 aromatic carbocycles. The van der Waals surface area contributed by atoms with E-state index in [2.05, 4.69) is 29.4 Å². The second kappa shape index (κ2) is 4.76. The van der Waals surface area contributed by atoms with Crippen molar-refractivity contribution in [3.8, 4) is 0 Å². The van der Waals surface area contributed by atoms with Crippen molar-refractivity contribution in [1.82, 2.24) is 4.98 Å². The summed E-state index contributed by atoms with van der Waals surface area (Å²) in [5, 5.41) is 3.51. The maximum atomic E-state index is 6.16. The third-order valence-electron chi connectivity index (χ3n) is 4.14. The molecule has 18 heavy (non-hydrogen) atoms. The van der Waals surface area contributed by atoms with Gasteiger partial charge in [-0.3, -0.25) is 0 Å². The van der Waals surface area contributed by atoms with Gasteiger partial charge in [-0.25, -0.2) is 4.98 Å². The molecule has 4 heteroatoms. The number of aromatic nitrogens is 1. The fourth-order valence-electron chi connectivity index (χ4n) is 2.87. The second-order valence-corrected chi connectivity index (χ2v) is 6.16. The van der Waals surface area contributed by atoms with Crippen molar-refractivity contribution in [2.75, 3.05) is 17.6 Å². The minimum atomic E-state index is 0.788. The van der Waals surface area contributed by atoms with E-state index in [4.69, 9.17) is 5.73 Å². The van der Waals surface area contributed by atoms with Crippen LogP contribution in [0.2, 0.25) is 0 Å². The quantitative estimate of drug-likeness (QED) is 0.828. The van der Waals surface area contributed by atoms with E-state index in [1.807, 2.05) is 5.51 Å². The molecular formula is C14H19N3S. The van der Waals surface area contributed by atoms with Crippen molar-refractivity contribution in [2.24, 2.45) is 11.8 Å². The molecule has 1 aliphatic carbocycles. The van der Waals surface area contributed by atoms with Gasteiger partial charge in [0.05, 0.1) is 21.6 Å². The van der Waals surface area contributed by atoms with E-state index in [1.165, 1.54) is 19.3 Å². The summed E-state index contributed by atoms with van der Waals surface area (Å²) in [6, 6.07) is 4.18. The first-order valence-corrected chi connectivity index (χ1v) is 7.49. The first-order chi connectivity index (χ1) is 8.75. The van der Waals surface area contributed by atoms with Crippen molar-refractivity contribution in [2.45, 2.75) is 26.2 Å². The lowest BCUT2D eigenvalue weighted by atomic mass is 9.98. The molecular weight excluding hydrogens is 242 g/mol. The van der Waals surface area contributed by atoms with Gasteiger partial charge < -0.3 is 11.1 Å². The summed E-state index contributed by atoms with van der Waals surface area (Å²) in [5.74, 6) is 1.62. The van der Waals surface area contributed by atoms with Crippen LogP contribution in [0.5, 0.6) is 0 Å². The zero-order chi connectivity index (χ0) is 12.5. The molecule has 2 unspecified atom stereocenters. The van der Waals surface area contributed by atoms with E-state index in [9.17, 15) is 0 Å². The Morgan fingerprint density at radius 3 is 3.11 bits per heavy atom. The Hall–Kier alpha value is -1.29. The third-order valence-corrected chi connectivity index (χ3v) is 4.93. The molecule has 2 aromatic rings. The van der Waals surface area contributed by atoms with Crippen molar-refractivity contribution in [3.05, 3.63) is 17.6 Å². The molecule has 0 saturated heterocycles. The van der Waals surface area contributed by atoms with Crippen molar-refractivity contribution in [3.63, 3.8) is 0 Å². The predicted octanol–water partition coefficient (Wildman–Crippen LogP) is 3.73. The van der Waals surface area contributed by atoms with Crippen LogP contribution in [-0.4, -0.2) is 11.5 Å².